The summed E-state index contributed by atoms with van der Waals surface area (Å²) < 4.78 is 4.66. The van der Waals surface area contributed by atoms with Gasteiger partial charge >= 0.3 is 5.97 Å². The van der Waals surface area contributed by atoms with Crippen molar-refractivity contribution in [2.45, 2.75) is 51.4 Å². The Morgan fingerprint density at radius 2 is 1.62 bits per heavy atom. The maximum atomic E-state index is 11.3. The van der Waals surface area contributed by atoms with Gasteiger partial charge < -0.3 is 10.5 Å². The summed E-state index contributed by atoms with van der Waals surface area (Å²) in [5.41, 5.74) is 6.89. The lowest BCUT2D eigenvalue weighted by atomic mass is 10.1. The van der Waals surface area contributed by atoms with Gasteiger partial charge in [0.25, 0.3) is 0 Å². The van der Waals surface area contributed by atoms with E-state index >= 15 is 0 Å². The molecule has 0 fully saturated rings. The normalized spacial score (nSPS) is 12.4. The monoisotopic (exact) mass is 329 g/mol. The number of esters is 1. The van der Waals surface area contributed by atoms with Gasteiger partial charge in [-0.3, -0.25) is 4.79 Å². The first-order chi connectivity index (χ1) is 9.52. The van der Waals surface area contributed by atoms with E-state index < -0.39 is 14.1 Å². The smallest absolute Gasteiger partial charge is 0.322 e. The largest absolute Gasteiger partial charge is 0.468 e. The molecular formula is C16H28ClNO2Si. The zero-order chi connectivity index (χ0) is 15.2. The number of rotatable bonds is 7. The Kier molecular flexibility index (Phi) is 8.86. The van der Waals surface area contributed by atoms with E-state index in [1.807, 2.05) is 0 Å². The standard InChI is InChI=1S/C16H27NO2Si.ClH/c1-5-20(6-2,7-3)14-10-8-13(9-11-14)12-15(17)16(18)19-4;/h8-11,15H,5-7,12,17H2,1-4H3;1H/t15-;/m0./s1. The maximum absolute atomic E-state index is 11.3. The van der Waals surface area contributed by atoms with Gasteiger partial charge in [0, 0.05) is 0 Å². The van der Waals surface area contributed by atoms with E-state index in [4.69, 9.17) is 5.73 Å². The van der Waals surface area contributed by atoms with Gasteiger partial charge in [0.1, 0.15) is 6.04 Å². The van der Waals surface area contributed by atoms with Crippen LogP contribution in [0.15, 0.2) is 24.3 Å². The third-order valence-corrected chi connectivity index (χ3v) is 10.2. The summed E-state index contributed by atoms with van der Waals surface area (Å²) in [5, 5.41) is 1.51. The van der Waals surface area contributed by atoms with Crippen LogP contribution in [0.2, 0.25) is 18.1 Å². The van der Waals surface area contributed by atoms with Crippen LogP contribution in [0, 0.1) is 0 Å². The van der Waals surface area contributed by atoms with Crippen LogP contribution < -0.4 is 10.9 Å². The molecule has 5 heteroatoms. The topological polar surface area (TPSA) is 52.3 Å². The summed E-state index contributed by atoms with van der Waals surface area (Å²) in [6.45, 7) is 6.92. The van der Waals surface area contributed by atoms with Crippen LogP contribution in [0.3, 0.4) is 0 Å². The number of halogens is 1. The van der Waals surface area contributed by atoms with E-state index in [-0.39, 0.29) is 18.4 Å². The van der Waals surface area contributed by atoms with Crippen LogP contribution in [-0.2, 0) is 16.0 Å². The van der Waals surface area contributed by atoms with Crippen molar-refractivity contribution in [2.24, 2.45) is 5.73 Å². The fraction of sp³-hybridized carbons (Fsp3) is 0.562. The van der Waals surface area contributed by atoms with Crippen LogP contribution >= 0.6 is 12.4 Å². The fourth-order valence-electron chi connectivity index (χ4n) is 2.85. The number of benzene rings is 1. The SMILES string of the molecule is CC[Si](CC)(CC)c1ccc(C[C@H](N)C(=O)OC)cc1.Cl. The molecule has 0 heterocycles. The molecule has 0 aliphatic heterocycles. The molecular weight excluding hydrogens is 302 g/mol. The fourth-order valence-corrected chi connectivity index (χ4v) is 6.44. The molecule has 0 unspecified atom stereocenters. The average Bonchev–Trinajstić information content (AvgIpc) is 2.50. The number of methoxy groups -OCH3 is 1. The van der Waals surface area contributed by atoms with Gasteiger partial charge in [-0.15, -0.1) is 12.4 Å². The molecule has 120 valence electrons. The predicted octanol–water partition coefficient (Wildman–Crippen LogP) is 2.87. The molecule has 0 aromatic heterocycles. The highest BCUT2D eigenvalue weighted by atomic mass is 35.5. The van der Waals surface area contributed by atoms with Gasteiger partial charge in [0.05, 0.1) is 15.2 Å². The average molecular weight is 330 g/mol. The maximum Gasteiger partial charge on any atom is 0.322 e. The van der Waals surface area contributed by atoms with Crippen molar-refractivity contribution in [3.8, 4) is 0 Å². The van der Waals surface area contributed by atoms with E-state index in [1.165, 1.54) is 30.4 Å². The van der Waals surface area contributed by atoms with E-state index in [0.29, 0.717) is 6.42 Å². The Hall–Kier alpha value is -0.843. The summed E-state index contributed by atoms with van der Waals surface area (Å²) in [6.07, 6.45) is 0.534. The number of carbonyl (C=O) groups is 1. The lowest BCUT2D eigenvalue weighted by molar-refractivity contribution is -0.142. The number of carbonyl (C=O) groups excluding carboxylic acids is 1. The van der Waals surface area contributed by atoms with Crippen LogP contribution in [0.5, 0.6) is 0 Å². The molecule has 0 aliphatic rings. The van der Waals surface area contributed by atoms with Crippen molar-refractivity contribution in [3.05, 3.63) is 29.8 Å². The number of hydrogen-bond donors (Lipinski definition) is 1. The van der Waals surface area contributed by atoms with Gasteiger partial charge in [-0.2, -0.15) is 0 Å². The first-order valence-electron chi connectivity index (χ1n) is 7.45. The summed E-state index contributed by atoms with van der Waals surface area (Å²) in [6, 6.07) is 12.0. The van der Waals surface area contributed by atoms with Gasteiger partial charge in [-0.05, 0) is 12.0 Å². The van der Waals surface area contributed by atoms with Crippen molar-refractivity contribution >= 4 is 31.6 Å². The zero-order valence-corrected chi connectivity index (χ0v) is 15.3. The molecule has 0 saturated heterocycles. The summed E-state index contributed by atoms with van der Waals surface area (Å²) in [4.78, 5) is 11.3. The van der Waals surface area contributed by atoms with E-state index in [1.54, 1.807) is 0 Å². The Morgan fingerprint density at radius 1 is 1.14 bits per heavy atom. The minimum absolute atomic E-state index is 0. The number of nitrogens with two attached hydrogens (primary N) is 1. The van der Waals surface area contributed by atoms with Gasteiger partial charge in [-0.25, -0.2) is 0 Å². The lowest BCUT2D eigenvalue weighted by Gasteiger charge is -2.28. The Morgan fingerprint density at radius 3 is 2.00 bits per heavy atom. The molecule has 1 aromatic carbocycles. The minimum atomic E-state index is -1.31. The zero-order valence-electron chi connectivity index (χ0n) is 13.5. The number of ether oxygens (including phenoxy) is 1. The van der Waals surface area contributed by atoms with Crippen LogP contribution in [0.25, 0.3) is 0 Å². The molecule has 21 heavy (non-hydrogen) atoms. The first kappa shape index (κ1) is 20.2. The summed E-state index contributed by atoms with van der Waals surface area (Å²) in [5.74, 6) is -0.353. The van der Waals surface area contributed by atoms with Crippen molar-refractivity contribution in [1.29, 1.82) is 0 Å². The Balaban J connectivity index is 0.00000400. The molecule has 0 aliphatic carbocycles. The molecule has 3 nitrogen and oxygen atoms in total. The van der Waals surface area contributed by atoms with Crippen molar-refractivity contribution < 1.29 is 9.53 Å². The van der Waals surface area contributed by atoms with E-state index in [9.17, 15) is 4.79 Å². The lowest BCUT2D eigenvalue weighted by Crippen LogP contribution is -2.45. The molecule has 0 bridgehead atoms. The molecule has 0 spiro atoms. The second-order valence-corrected chi connectivity index (χ2v) is 10.6. The van der Waals surface area contributed by atoms with Gasteiger partial charge in [0.15, 0.2) is 0 Å². The van der Waals surface area contributed by atoms with Crippen molar-refractivity contribution in [2.75, 3.05) is 7.11 Å². The number of hydrogen-bond acceptors (Lipinski definition) is 3. The second kappa shape index (κ2) is 9.23. The van der Waals surface area contributed by atoms with E-state index in [2.05, 4.69) is 49.8 Å². The van der Waals surface area contributed by atoms with Crippen molar-refractivity contribution in [1.82, 2.24) is 0 Å². The van der Waals surface area contributed by atoms with Gasteiger partial charge in [-0.1, -0.05) is 68.4 Å². The molecule has 1 rings (SSSR count). The third-order valence-electron chi connectivity index (χ3n) is 4.56. The highest BCUT2D eigenvalue weighted by Crippen LogP contribution is 2.20. The first-order valence-corrected chi connectivity index (χ1v) is 10.1. The molecule has 0 amide bonds. The Labute approximate surface area is 135 Å². The van der Waals surface area contributed by atoms with Crippen LogP contribution in [0.4, 0.5) is 0 Å². The third kappa shape index (κ3) is 4.83. The molecule has 0 saturated carbocycles. The molecule has 2 N–H and O–H groups in total. The summed E-state index contributed by atoms with van der Waals surface area (Å²) >= 11 is 0. The van der Waals surface area contributed by atoms with Crippen molar-refractivity contribution in [3.63, 3.8) is 0 Å². The van der Waals surface area contributed by atoms with E-state index in [0.717, 1.165) is 5.56 Å². The molecule has 1 atom stereocenters. The predicted molar refractivity (Wildman–Crippen MR) is 94.2 cm³/mol. The van der Waals surface area contributed by atoms with Gasteiger partial charge in [0.2, 0.25) is 0 Å². The summed E-state index contributed by atoms with van der Waals surface area (Å²) in [7, 11) is 0.0621. The highest BCUT2D eigenvalue weighted by Gasteiger charge is 2.28. The highest BCUT2D eigenvalue weighted by molar-refractivity contribution is 6.91. The molecule has 1 aromatic rings. The quantitative estimate of drug-likeness (QED) is 0.618. The Bertz CT molecular complexity index is 424. The second-order valence-electron chi connectivity index (χ2n) is 5.37. The van der Waals surface area contributed by atoms with Crippen LogP contribution in [0.1, 0.15) is 26.3 Å². The van der Waals surface area contributed by atoms with Crippen LogP contribution in [-0.4, -0.2) is 27.2 Å². The molecule has 0 radical (unpaired) electrons. The minimum Gasteiger partial charge on any atom is -0.468 e.